The Kier molecular flexibility index (Phi) is 4.45. The van der Waals surface area contributed by atoms with Crippen molar-refractivity contribution in [2.45, 2.75) is 18.9 Å². The first-order chi connectivity index (χ1) is 5.93. The third kappa shape index (κ3) is 5.62. The fourth-order valence-corrected chi connectivity index (χ4v) is 0.572. The summed E-state index contributed by atoms with van der Waals surface area (Å²) in [6.07, 6.45) is -1.62. The van der Waals surface area contributed by atoms with E-state index in [4.69, 9.17) is 10.8 Å². The minimum Gasteiger partial charge on any atom is -0.481 e. The van der Waals surface area contributed by atoms with E-state index in [9.17, 15) is 14.4 Å². The van der Waals surface area contributed by atoms with Crippen LogP contribution in [0, 0.1) is 0 Å². The highest BCUT2D eigenvalue weighted by Crippen LogP contribution is 1.96. The topological polar surface area (TPSA) is 133 Å². The second-order valence-electron chi connectivity index (χ2n) is 2.28. The third-order valence-corrected chi connectivity index (χ3v) is 1.17. The minimum absolute atomic E-state index is 0.0958. The molecule has 7 nitrogen and oxygen atoms in total. The van der Waals surface area contributed by atoms with Crippen LogP contribution in [0.25, 0.3) is 0 Å². The molecule has 0 rings (SSSR count). The van der Waals surface area contributed by atoms with Crippen molar-refractivity contribution in [1.29, 1.82) is 0 Å². The fourth-order valence-electron chi connectivity index (χ4n) is 0.572. The molecule has 1 atom stereocenters. The Morgan fingerprint density at radius 3 is 2.31 bits per heavy atom. The number of hydrogen-bond acceptors (Lipinski definition) is 5. The predicted molar refractivity (Wildman–Crippen MR) is 40.5 cm³/mol. The van der Waals surface area contributed by atoms with Crippen molar-refractivity contribution in [3.8, 4) is 0 Å². The maximum Gasteiger partial charge on any atom is 0.412 e. The van der Waals surface area contributed by atoms with Gasteiger partial charge in [-0.25, -0.2) is 9.59 Å². The molecule has 0 aromatic carbocycles. The molecule has 74 valence electrons. The van der Waals surface area contributed by atoms with E-state index >= 15 is 0 Å². The summed E-state index contributed by atoms with van der Waals surface area (Å²) < 4.78 is 3.93. The summed E-state index contributed by atoms with van der Waals surface area (Å²) in [5.41, 5.74) is 9.70. The number of carboxylic acid groups (broad SMARTS) is 1. The molecular weight excluding hydrogens is 180 g/mol. The smallest absolute Gasteiger partial charge is 0.412 e. The van der Waals surface area contributed by atoms with Crippen LogP contribution < -0.4 is 11.5 Å². The highest BCUT2D eigenvalue weighted by molar-refractivity contribution is 5.87. The van der Waals surface area contributed by atoms with Gasteiger partial charge in [0, 0.05) is 6.42 Å². The molecule has 0 aliphatic carbocycles. The van der Waals surface area contributed by atoms with Crippen LogP contribution in [-0.4, -0.2) is 29.2 Å². The molecule has 0 bridgehead atoms. The molecule has 0 fully saturated rings. The number of ether oxygens (including phenoxy) is 1. The number of carbonyl (C=O) groups excluding carboxylic acids is 2. The Morgan fingerprint density at radius 2 is 1.92 bits per heavy atom. The number of aliphatic carboxylic acids is 1. The number of carbonyl (C=O) groups is 3. The zero-order chi connectivity index (χ0) is 10.4. The van der Waals surface area contributed by atoms with Crippen molar-refractivity contribution < 1.29 is 24.2 Å². The lowest BCUT2D eigenvalue weighted by Gasteiger charge is -2.06. The SMILES string of the molecule is NC(=O)OC(=O)C(N)CCC(=O)O. The van der Waals surface area contributed by atoms with Crippen LogP contribution in [0.3, 0.4) is 0 Å². The molecule has 1 unspecified atom stereocenters. The van der Waals surface area contributed by atoms with Gasteiger partial charge in [0.2, 0.25) is 0 Å². The molecule has 0 saturated carbocycles. The molecule has 7 heteroatoms. The largest absolute Gasteiger partial charge is 0.481 e. The summed E-state index contributed by atoms with van der Waals surface area (Å²) in [6.45, 7) is 0. The predicted octanol–water partition coefficient (Wildman–Crippen LogP) is -1.20. The maximum absolute atomic E-state index is 10.7. The van der Waals surface area contributed by atoms with Crippen molar-refractivity contribution in [2.24, 2.45) is 11.5 Å². The first-order valence-corrected chi connectivity index (χ1v) is 3.42. The second kappa shape index (κ2) is 5.09. The van der Waals surface area contributed by atoms with Crippen LogP contribution in [0.15, 0.2) is 0 Å². The number of primary amides is 1. The van der Waals surface area contributed by atoms with E-state index in [0.29, 0.717) is 0 Å². The van der Waals surface area contributed by atoms with Gasteiger partial charge in [-0.05, 0) is 6.42 Å². The number of carboxylic acids is 1. The minimum atomic E-state index is -1.25. The van der Waals surface area contributed by atoms with Crippen molar-refractivity contribution >= 4 is 18.0 Å². The van der Waals surface area contributed by atoms with Gasteiger partial charge in [-0.1, -0.05) is 0 Å². The summed E-state index contributed by atoms with van der Waals surface area (Å²) >= 11 is 0. The van der Waals surface area contributed by atoms with Gasteiger partial charge in [-0.2, -0.15) is 0 Å². The molecule has 0 aromatic heterocycles. The first kappa shape index (κ1) is 11.4. The number of amides is 1. The quantitative estimate of drug-likeness (QED) is 0.376. The van der Waals surface area contributed by atoms with Crippen molar-refractivity contribution in [1.82, 2.24) is 0 Å². The lowest BCUT2D eigenvalue weighted by molar-refractivity contribution is -0.139. The molecule has 13 heavy (non-hydrogen) atoms. The fraction of sp³-hybridized carbons (Fsp3) is 0.500. The lowest BCUT2D eigenvalue weighted by atomic mass is 10.2. The molecule has 5 N–H and O–H groups in total. The van der Waals surface area contributed by atoms with E-state index in [-0.39, 0.29) is 12.8 Å². The van der Waals surface area contributed by atoms with Gasteiger partial charge >= 0.3 is 18.0 Å². The van der Waals surface area contributed by atoms with E-state index in [1.165, 1.54) is 0 Å². The number of nitrogens with two attached hydrogens (primary N) is 2. The highest BCUT2D eigenvalue weighted by Gasteiger charge is 2.18. The van der Waals surface area contributed by atoms with E-state index in [1.54, 1.807) is 0 Å². The summed E-state index contributed by atoms with van der Waals surface area (Å²) in [6, 6.07) is -1.14. The Morgan fingerprint density at radius 1 is 1.38 bits per heavy atom. The van der Waals surface area contributed by atoms with Crippen LogP contribution in [0.1, 0.15) is 12.8 Å². The number of esters is 1. The molecule has 0 aliphatic rings. The van der Waals surface area contributed by atoms with Crippen LogP contribution in [0.2, 0.25) is 0 Å². The summed E-state index contributed by atoms with van der Waals surface area (Å²) in [5, 5.41) is 8.23. The van der Waals surface area contributed by atoms with Gasteiger partial charge in [0.15, 0.2) is 0 Å². The first-order valence-electron chi connectivity index (χ1n) is 3.42. The Hall–Kier alpha value is -1.63. The molecule has 0 aliphatic heterocycles. The van der Waals surface area contributed by atoms with E-state index in [0.717, 1.165) is 0 Å². The van der Waals surface area contributed by atoms with Crippen molar-refractivity contribution in [2.75, 3.05) is 0 Å². The lowest BCUT2D eigenvalue weighted by Crippen LogP contribution is -2.35. The standard InChI is InChI=1S/C6H10N2O5/c7-3(1-2-4(9)10)5(11)13-6(8)12/h3H,1-2,7H2,(H2,8,12)(H,9,10). The Balaban J connectivity index is 3.82. The van der Waals surface area contributed by atoms with Gasteiger partial charge < -0.3 is 21.3 Å². The zero-order valence-electron chi connectivity index (χ0n) is 6.73. The van der Waals surface area contributed by atoms with Crippen LogP contribution >= 0.6 is 0 Å². The van der Waals surface area contributed by atoms with Gasteiger partial charge in [0.1, 0.15) is 6.04 Å². The highest BCUT2D eigenvalue weighted by atomic mass is 16.6. The molecule has 0 saturated heterocycles. The van der Waals surface area contributed by atoms with Crippen LogP contribution in [0.4, 0.5) is 4.79 Å². The van der Waals surface area contributed by atoms with Gasteiger partial charge in [-0.15, -0.1) is 0 Å². The van der Waals surface area contributed by atoms with Gasteiger partial charge in [0.25, 0.3) is 0 Å². The molecule has 1 amide bonds. The van der Waals surface area contributed by atoms with Crippen molar-refractivity contribution in [3.63, 3.8) is 0 Å². The van der Waals surface area contributed by atoms with Crippen molar-refractivity contribution in [3.05, 3.63) is 0 Å². The third-order valence-electron chi connectivity index (χ3n) is 1.17. The summed E-state index contributed by atoms with van der Waals surface area (Å²) in [5.74, 6) is -2.10. The van der Waals surface area contributed by atoms with Crippen LogP contribution in [-0.2, 0) is 14.3 Å². The Labute approximate surface area is 73.6 Å². The summed E-state index contributed by atoms with van der Waals surface area (Å²) in [4.78, 5) is 30.8. The molecule has 0 radical (unpaired) electrons. The Bertz CT molecular complexity index is 227. The number of rotatable bonds is 4. The molecule has 0 spiro atoms. The van der Waals surface area contributed by atoms with E-state index in [2.05, 4.69) is 10.5 Å². The molecular formula is C6H10N2O5. The average Bonchev–Trinajstić information content (AvgIpc) is 1.98. The summed E-state index contributed by atoms with van der Waals surface area (Å²) in [7, 11) is 0. The normalized spacial score (nSPS) is 11.8. The average molecular weight is 190 g/mol. The molecule has 0 aromatic rings. The molecule has 0 heterocycles. The number of hydrogen-bond donors (Lipinski definition) is 3. The van der Waals surface area contributed by atoms with Gasteiger partial charge in [0.05, 0.1) is 0 Å². The van der Waals surface area contributed by atoms with Gasteiger partial charge in [-0.3, -0.25) is 4.79 Å². The van der Waals surface area contributed by atoms with E-state index < -0.39 is 24.1 Å². The van der Waals surface area contributed by atoms with Crippen LogP contribution in [0.5, 0.6) is 0 Å². The van der Waals surface area contributed by atoms with E-state index in [1.807, 2.05) is 0 Å². The monoisotopic (exact) mass is 190 g/mol. The maximum atomic E-state index is 10.7. The zero-order valence-corrected chi connectivity index (χ0v) is 6.73. The second-order valence-corrected chi connectivity index (χ2v) is 2.28.